The molecule has 1 aliphatic carbocycles. The van der Waals surface area contributed by atoms with E-state index in [9.17, 15) is 14.7 Å². The molecule has 15 heavy (non-hydrogen) atoms. The molecular formula is C10H14N2O3. The quantitative estimate of drug-likeness (QED) is 0.556. The molecular weight excluding hydrogens is 196 g/mol. The molecule has 2 unspecified atom stereocenters. The Labute approximate surface area is 87.4 Å². The van der Waals surface area contributed by atoms with Gasteiger partial charge in [0.1, 0.15) is 5.60 Å². The molecule has 1 aliphatic rings. The number of rotatable bonds is 2. The highest BCUT2D eigenvalue weighted by Crippen LogP contribution is 2.40. The van der Waals surface area contributed by atoms with Gasteiger partial charge in [0, 0.05) is 5.57 Å². The first-order valence-electron chi connectivity index (χ1n) is 4.45. The van der Waals surface area contributed by atoms with E-state index in [4.69, 9.17) is 11.5 Å². The summed E-state index contributed by atoms with van der Waals surface area (Å²) in [6.07, 6.45) is 4.33. The fourth-order valence-corrected chi connectivity index (χ4v) is 1.59. The van der Waals surface area contributed by atoms with Gasteiger partial charge in [-0.3, -0.25) is 9.59 Å². The summed E-state index contributed by atoms with van der Waals surface area (Å²) < 4.78 is 0. The van der Waals surface area contributed by atoms with Crippen LogP contribution in [-0.2, 0) is 9.59 Å². The van der Waals surface area contributed by atoms with E-state index in [0.717, 1.165) is 0 Å². The highest BCUT2D eigenvalue weighted by molar-refractivity contribution is 5.98. The Kier molecular flexibility index (Phi) is 2.44. The highest BCUT2D eigenvalue weighted by Gasteiger charge is 2.51. The summed E-state index contributed by atoms with van der Waals surface area (Å²) in [6.45, 7) is 2.81. The van der Waals surface area contributed by atoms with Crippen LogP contribution in [0, 0.1) is 5.41 Å². The van der Waals surface area contributed by atoms with Gasteiger partial charge in [0.25, 0.3) is 0 Å². The molecule has 0 aromatic carbocycles. The fourth-order valence-electron chi connectivity index (χ4n) is 1.59. The SMILES string of the molecule is CC1(O)C(C(N)=O)=CC=CC1(C)C(N)=O. The minimum Gasteiger partial charge on any atom is -0.384 e. The van der Waals surface area contributed by atoms with Gasteiger partial charge in [-0.15, -0.1) is 0 Å². The Balaban J connectivity index is 3.32. The summed E-state index contributed by atoms with van der Waals surface area (Å²) in [6, 6.07) is 0. The van der Waals surface area contributed by atoms with Gasteiger partial charge >= 0.3 is 0 Å². The predicted octanol–water partition coefficient (Wildman–Crippen LogP) is -0.789. The molecule has 0 heterocycles. The lowest BCUT2D eigenvalue weighted by molar-refractivity contribution is -0.135. The van der Waals surface area contributed by atoms with E-state index in [-0.39, 0.29) is 5.57 Å². The molecule has 0 bridgehead atoms. The summed E-state index contributed by atoms with van der Waals surface area (Å²) >= 11 is 0. The van der Waals surface area contributed by atoms with Crippen LogP contribution in [0.15, 0.2) is 23.8 Å². The number of amides is 2. The fraction of sp³-hybridized carbons (Fsp3) is 0.400. The summed E-state index contributed by atoms with van der Waals surface area (Å²) in [4.78, 5) is 22.4. The number of allylic oxidation sites excluding steroid dienone is 2. The third kappa shape index (κ3) is 1.45. The van der Waals surface area contributed by atoms with E-state index in [1.807, 2.05) is 0 Å². The van der Waals surface area contributed by atoms with Crippen molar-refractivity contribution < 1.29 is 14.7 Å². The van der Waals surface area contributed by atoms with Crippen LogP contribution < -0.4 is 11.5 Å². The van der Waals surface area contributed by atoms with Crippen LogP contribution in [0.2, 0.25) is 0 Å². The molecule has 0 saturated carbocycles. The van der Waals surface area contributed by atoms with Crippen molar-refractivity contribution in [2.24, 2.45) is 16.9 Å². The van der Waals surface area contributed by atoms with E-state index in [1.165, 1.54) is 32.1 Å². The Bertz CT molecular complexity index is 382. The van der Waals surface area contributed by atoms with Crippen molar-refractivity contribution in [1.29, 1.82) is 0 Å². The zero-order valence-electron chi connectivity index (χ0n) is 8.65. The van der Waals surface area contributed by atoms with E-state index in [2.05, 4.69) is 0 Å². The number of carbonyl (C=O) groups is 2. The number of hydrogen-bond donors (Lipinski definition) is 3. The van der Waals surface area contributed by atoms with Gasteiger partial charge in [0.05, 0.1) is 5.41 Å². The summed E-state index contributed by atoms with van der Waals surface area (Å²) in [5.74, 6) is -1.48. The van der Waals surface area contributed by atoms with Crippen molar-refractivity contribution in [1.82, 2.24) is 0 Å². The second-order valence-corrected chi connectivity index (χ2v) is 3.94. The number of nitrogens with two attached hydrogens (primary N) is 2. The maximum Gasteiger partial charge on any atom is 0.247 e. The number of primary amides is 2. The molecule has 2 atom stereocenters. The Morgan fingerprint density at radius 3 is 2.27 bits per heavy atom. The maximum atomic E-state index is 11.3. The van der Waals surface area contributed by atoms with Crippen LogP contribution in [0.25, 0.3) is 0 Å². The van der Waals surface area contributed by atoms with Crippen molar-refractivity contribution in [2.75, 3.05) is 0 Å². The smallest absolute Gasteiger partial charge is 0.247 e. The average molecular weight is 210 g/mol. The van der Waals surface area contributed by atoms with Crippen molar-refractivity contribution >= 4 is 11.8 Å². The van der Waals surface area contributed by atoms with Gasteiger partial charge in [-0.05, 0) is 13.8 Å². The number of carbonyl (C=O) groups excluding carboxylic acids is 2. The third-order valence-electron chi connectivity index (χ3n) is 3.01. The van der Waals surface area contributed by atoms with Gasteiger partial charge in [-0.1, -0.05) is 18.2 Å². The summed E-state index contributed by atoms with van der Waals surface area (Å²) in [7, 11) is 0. The zero-order chi connectivity index (χ0) is 11.9. The molecule has 0 fully saturated rings. The van der Waals surface area contributed by atoms with Crippen LogP contribution in [0.1, 0.15) is 13.8 Å². The summed E-state index contributed by atoms with van der Waals surface area (Å²) in [5, 5.41) is 10.2. The number of aliphatic hydroxyl groups is 1. The van der Waals surface area contributed by atoms with Crippen LogP contribution in [-0.4, -0.2) is 22.5 Å². The van der Waals surface area contributed by atoms with E-state index in [0.29, 0.717) is 0 Å². The van der Waals surface area contributed by atoms with Gasteiger partial charge in [0.15, 0.2) is 0 Å². The Hall–Kier alpha value is -1.62. The average Bonchev–Trinajstić information content (AvgIpc) is 2.08. The van der Waals surface area contributed by atoms with Gasteiger partial charge < -0.3 is 16.6 Å². The first-order valence-corrected chi connectivity index (χ1v) is 4.45. The molecule has 0 aromatic heterocycles. The van der Waals surface area contributed by atoms with Crippen LogP contribution in [0.5, 0.6) is 0 Å². The Morgan fingerprint density at radius 1 is 1.33 bits per heavy atom. The second kappa shape index (κ2) is 3.20. The molecule has 0 aliphatic heterocycles. The topological polar surface area (TPSA) is 106 Å². The van der Waals surface area contributed by atoms with Gasteiger partial charge in [-0.25, -0.2) is 0 Å². The predicted molar refractivity (Wildman–Crippen MR) is 54.3 cm³/mol. The zero-order valence-corrected chi connectivity index (χ0v) is 8.65. The highest BCUT2D eigenvalue weighted by atomic mass is 16.3. The van der Waals surface area contributed by atoms with E-state index >= 15 is 0 Å². The molecule has 5 N–H and O–H groups in total. The third-order valence-corrected chi connectivity index (χ3v) is 3.01. The van der Waals surface area contributed by atoms with E-state index < -0.39 is 22.8 Å². The first kappa shape index (κ1) is 11.5. The lowest BCUT2D eigenvalue weighted by atomic mass is 9.67. The first-order chi connectivity index (χ1) is 6.73. The largest absolute Gasteiger partial charge is 0.384 e. The molecule has 2 amide bonds. The molecule has 0 spiro atoms. The van der Waals surface area contributed by atoms with E-state index in [1.54, 1.807) is 0 Å². The summed E-state index contributed by atoms with van der Waals surface area (Å²) in [5.41, 5.74) is 7.29. The van der Waals surface area contributed by atoms with Gasteiger partial charge in [0.2, 0.25) is 11.8 Å². The monoisotopic (exact) mass is 210 g/mol. The molecule has 0 saturated heterocycles. The number of hydrogen-bond acceptors (Lipinski definition) is 3. The van der Waals surface area contributed by atoms with Crippen LogP contribution in [0.4, 0.5) is 0 Å². The van der Waals surface area contributed by atoms with Crippen molar-refractivity contribution in [2.45, 2.75) is 19.4 Å². The molecule has 82 valence electrons. The van der Waals surface area contributed by atoms with Crippen LogP contribution in [0.3, 0.4) is 0 Å². The van der Waals surface area contributed by atoms with Crippen molar-refractivity contribution in [3.05, 3.63) is 23.8 Å². The molecule has 0 aromatic rings. The minimum absolute atomic E-state index is 0.0219. The maximum absolute atomic E-state index is 11.3. The molecule has 5 heteroatoms. The van der Waals surface area contributed by atoms with Gasteiger partial charge in [-0.2, -0.15) is 0 Å². The Morgan fingerprint density at radius 2 is 1.87 bits per heavy atom. The normalized spacial score (nSPS) is 34.7. The standard InChI is InChI=1S/C10H14N2O3/c1-9(8(12)14)5-3-4-6(7(11)13)10(9,2)15/h3-5,15H,1-2H3,(H2,11,13)(H2,12,14). The molecule has 5 nitrogen and oxygen atoms in total. The lowest BCUT2D eigenvalue weighted by Crippen LogP contribution is -2.55. The second-order valence-electron chi connectivity index (χ2n) is 3.94. The lowest BCUT2D eigenvalue weighted by Gasteiger charge is -2.40. The van der Waals surface area contributed by atoms with Crippen molar-refractivity contribution in [3.63, 3.8) is 0 Å². The molecule has 0 radical (unpaired) electrons. The minimum atomic E-state index is -1.68. The molecule has 1 rings (SSSR count). The van der Waals surface area contributed by atoms with Crippen LogP contribution >= 0.6 is 0 Å². The van der Waals surface area contributed by atoms with Crippen molar-refractivity contribution in [3.8, 4) is 0 Å².